The van der Waals surface area contributed by atoms with E-state index in [0.717, 1.165) is 11.8 Å². The summed E-state index contributed by atoms with van der Waals surface area (Å²) in [5, 5.41) is 0. The summed E-state index contributed by atoms with van der Waals surface area (Å²) in [4.78, 5) is 2.67. The Morgan fingerprint density at radius 1 is 1.14 bits per heavy atom. The zero-order valence-corrected chi connectivity index (χ0v) is 10.3. The van der Waals surface area contributed by atoms with E-state index < -0.39 is 0 Å². The van der Waals surface area contributed by atoms with Crippen LogP contribution in [0.4, 0.5) is 0 Å². The SMILES string of the molecule is CCCC(CN1CCCC1)C(C)CC. The zero-order valence-electron chi connectivity index (χ0n) is 10.3. The second-order valence-corrected chi connectivity index (χ2v) is 4.94. The van der Waals surface area contributed by atoms with Crippen LogP contribution in [0.25, 0.3) is 0 Å². The van der Waals surface area contributed by atoms with Crippen molar-refractivity contribution >= 4 is 0 Å². The largest absolute Gasteiger partial charge is 0.303 e. The quantitative estimate of drug-likeness (QED) is 0.629. The number of hydrogen-bond donors (Lipinski definition) is 0. The normalized spacial score (nSPS) is 22.5. The summed E-state index contributed by atoms with van der Waals surface area (Å²) < 4.78 is 0. The molecule has 1 aliphatic rings. The molecule has 0 bridgehead atoms. The van der Waals surface area contributed by atoms with Crippen molar-refractivity contribution in [2.45, 2.75) is 52.9 Å². The first-order chi connectivity index (χ1) is 6.77. The molecule has 0 aromatic carbocycles. The predicted molar refractivity (Wildman–Crippen MR) is 63.5 cm³/mol. The van der Waals surface area contributed by atoms with Gasteiger partial charge in [-0.2, -0.15) is 0 Å². The maximum atomic E-state index is 2.67. The van der Waals surface area contributed by atoms with Crippen LogP contribution in [0.15, 0.2) is 0 Å². The van der Waals surface area contributed by atoms with E-state index in [4.69, 9.17) is 0 Å². The Kier molecular flexibility index (Phi) is 5.54. The Balaban J connectivity index is 2.33. The average Bonchev–Trinajstić information content (AvgIpc) is 2.68. The molecule has 0 saturated carbocycles. The standard InChI is InChI=1S/C13H27N/c1-4-8-13(12(3)5-2)11-14-9-6-7-10-14/h12-13H,4-11H2,1-3H3. The highest BCUT2D eigenvalue weighted by Crippen LogP contribution is 2.23. The van der Waals surface area contributed by atoms with Gasteiger partial charge < -0.3 is 4.90 Å². The second kappa shape index (κ2) is 6.44. The monoisotopic (exact) mass is 197 g/mol. The predicted octanol–water partition coefficient (Wildman–Crippen LogP) is 3.54. The van der Waals surface area contributed by atoms with E-state index in [1.54, 1.807) is 0 Å². The molecule has 0 aromatic heterocycles. The molecule has 1 heteroatoms. The Labute approximate surface area is 89.9 Å². The van der Waals surface area contributed by atoms with Crippen LogP contribution in [0.2, 0.25) is 0 Å². The van der Waals surface area contributed by atoms with Gasteiger partial charge >= 0.3 is 0 Å². The zero-order chi connectivity index (χ0) is 10.4. The summed E-state index contributed by atoms with van der Waals surface area (Å²) in [5.41, 5.74) is 0. The van der Waals surface area contributed by atoms with Crippen LogP contribution in [0.5, 0.6) is 0 Å². The molecule has 0 radical (unpaired) electrons. The highest BCUT2D eigenvalue weighted by Gasteiger charge is 2.20. The molecule has 1 nitrogen and oxygen atoms in total. The maximum Gasteiger partial charge on any atom is 0.00122 e. The number of rotatable bonds is 6. The van der Waals surface area contributed by atoms with Gasteiger partial charge in [-0.3, -0.25) is 0 Å². The molecule has 1 saturated heterocycles. The minimum absolute atomic E-state index is 0.913. The fourth-order valence-corrected chi connectivity index (χ4v) is 2.56. The van der Waals surface area contributed by atoms with Crippen LogP contribution in [0.3, 0.4) is 0 Å². The minimum Gasteiger partial charge on any atom is -0.303 e. The van der Waals surface area contributed by atoms with Gasteiger partial charge in [-0.25, -0.2) is 0 Å². The lowest BCUT2D eigenvalue weighted by Crippen LogP contribution is -2.29. The van der Waals surface area contributed by atoms with Gasteiger partial charge in [0.25, 0.3) is 0 Å². The lowest BCUT2D eigenvalue weighted by Gasteiger charge is -2.27. The molecular formula is C13H27N. The van der Waals surface area contributed by atoms with Gasteiger partial charge in [-0.15, -0.1) is 0 Å². The number of likely N-dealkylation sites (tertiary alicyclic amines) is 1. The van der Waals surface area contributed by atoms with Gasteiger partial charge in [0.15, 0.2) is 0 Å². The van der Waals surface area contributed by atoms with E-state index in [2.05, 4.69) is 25.7 Å². The van der Waals surface area contributed by atoms with E-state index in [1.807, 2.05) is 0 Å². The summed E-state index contributed by atoms with van der Waals surface area (Å²) in [6.45, 7) is 11.2. The summed E-state index contributed by atoms with van der Waals surface area (Å²) in [5.74, 6) is 1.86. The van der Waals surface area contributed by atoms with Gasteiger partial charge in [-0.1, -0.05) is 33.6 Å². The van der Waals surface area contributed by atoms with Crippen molar-refractivity contribution in [3.63, 3.8) is 0 Å². The Bertz CT molecular complexity index is 138. The summed E-state index contributed by atoms with van der Waals surface area (Å²) in [7, 11) is 0. The van der Waals surface area contributed by atoms with Crippen LogP contribution in [-0.4, -0.2) is 24.5 Å². The Morgan fingerprint density at radius 2 is 1.79 bits per heavy atom. The first-order valence-electron chi connectivity index (χ1n) is 6.50. The second-order valence-electron chi connectivity index (χ2n) is 4.94. The van der Waals surface area contributed by atoms with Crippen molar-refractivity contribution in [2.75, 3.05) is 19.6 Å². The van der Waals surface area contributed by atoms with Crippen molar-refractivity contribution in [1.29, 1.82) is 0 Å². The summed E-state index contributed by atoms with van der Waals surface area (Å²) in [6, 6.07) is 0. The molecule has 1 heterocycles. The van der Waals surface area contributed by atoms with Crippen molar-refractivity contribution in [2.24, 2.45) is 11.8 Å². The molecule has 1 fully saturated rings. The third-order valence-corrected chi connectivity index (χ3v) is 3.80. The number of nitrogens with zero attached hydrogens (tertiary/aromatic N) is 1. The molecule has 1 aliphatic heterocycles. The van der Waals surface area contributed by atoms with Crippen LogP contribution < -0.4 is 0 Å². The van der Waals surface area contributed by atoms with Crippen molar-refractivity contribution in [3.8, 4) is 0 Å². The molecule has 0 amide bonds. The third kappa shape index (κ3) is 3.61. The smallest absolute Gasteiger partial charge is 0.00122 e. The third-order valence-electron chi connectivity index (χ3n) is 3.80. The van der Waals surface area contributed by atoms with E-state index in [1.165, 1.54) is 51.7 Å². The van der Waals surface area contributed by atoms with Crippen molar-refractivity contribution in [1.82, 2.24) is 4.90 Å². The van der Waals surface area contributed by atoms with Gasteiger partial charge in [-0.05, 0) is 44.2 Å². The van der Waals surface area contributed by atoms with E-state index >= 15 is 0 Å². The first-order valence-corrected chi connectivity index (χ1v) is 6.50. The number of hydrogen-bond acceptors (Lipinski definition) is 1. The lowest BCUT2D eigenvalue weighted by molar-refractivity contribution is 0.213. The van der Waals surface area contributed by atoms with Gasteiger partial charge in [0.1, 0.15) is 0 Å². The Morgan fingerprint density at radius 3 is 2.29 bits per heavy atom. The fraction of sp³-hybridized carbons (Fsp3) is 1.00. The fourth-order valence-electron chi connectivity index (χ4n) is 2.56. The summed E-state index contributed by atoms with van der Waals surface area (Å²) >= 11 is 0. The molecule has 0 aliphatic carbocycles. The molecule has 1 rings (SSSR count). The molecular weight excluding hydrogens is 170 g/mol. The summed E-state index contributed by atoms with van der Waals surface area (Å²) in [6.07, 6.45) is 6.98. The van der Waals surface area contributed by atoms with E-state index in [-0.39, 0.29) is 0 Å². The van der Waals surface area contributed by atoms with Crippen LogP contribution >= 0.6 is 0 Å². The van der Waals surface area contributed by atoms with Gasteiger partial charge in [0.05, 0.1) is 0 Å². The lowest BCUT2D eigenvalue weighted by atomic mass is 9.87. The van der Waals surface area contributed by atoms with E-state index in [0.29, 0.717) is 0 Å². The van der Waals surface area contributed by atoms with Crippen LogP contribution in [-0.2, 0) is 0 Å². The molecule has 84 valence electrons. The molecule has 2 atom stereocenters. The van der Waals surface area contributed by atoms with Crippen molar-refractivity contribution in [3.05, 3.63) is 0 Å². The highest BCUT2D eigenvalue weighted by atomic mass is 15.1. The molecule has 2 unspecified atom stereocenters. The van der Waals surface area contributed by atoms with Crippen LogP contribution in [0.1, 0.15) is 52.9 Å². The maximum absolute atomic E-state index is 2.67. The average molecular weight is 197 g/mol. The van der Waals surface area contributed by atoms with Gasteiger partial charge in [0.2, 0.25) is 0 Å². The highest BCUT2D eigenvalue weighted by molar-refractivity contribution is 4.73. The Hall–Kier alpha value is -0.0400. The molecule has 0 N–H and O–H groups in total. The topological polar surface area (TPSA) is 3.24 Å². The van der Waals surface area contributed by atoms with Crippen LogP contribution in [0, 0.1) is 11.8 Å². The van der Waals surface area contributed by atoms with E-state index in [9.17, 15) is 0 Å². The van der Waals surface area contributed by atoms with Crippen molar-refractivity contribution < 1.29 is 0 Å². The molecule has 0 aromatic rings. The molecule has 14 heavy (non-hydrogen) atoms. The minimum atomic E-state index is 0.913. The molecule has 0 spiro atoms. The van der Waals surface area contributed by atoms with Gasteiger partial charge in [0, 0.05) is 6.54 Å². The first kappa shape index (κ1) is 12.0.